The molecule has 0 spiro atoms. The molecule has 354 valence electrons. The average Bonchev–Trinajstić information content (AvgIpc) is 3.92. The average molecular weight is 936 g/mol. The van der Waals surface area contributed by atoms with Gasteiger partial charge in [-0.05, 0) is 98.3 Å². The molecule has 2 aliphatic heterocycles. The zero-order valence-corrected chi connectivity index (χ0v) is 39.0. The summed E-state index contributed by atoms with van der Waals surface area (Å²) in [5, 5.41) is 16.7. The van der Waals surface area contributed by atoms with Crippen molar-refractivity contribution in [2.24, 2.45) is 11.7 Å². The van der Waals surface area contributed by atoms with Gasteiger partial charge in [0.2, 0.25) is 11.8 Å². The number of nitrogens with zero attached hydrogens (tertiary/aromatic N) is 3. The number of fused-ring (bicyclic) bond motifs is 4. The van der Waals surface area contributed by atoms with Crippen molar-refractivity contribution in [3.8, 4) is 5.75 Å². The van der Waals surface area contributed by atoms with Gasteiger partial charge >= 0.3 is 12.1 Å². The van der Waals surface area contributed by atoms with Crippen molar-refractivity contribution < 1.29 is 33.5 Å². The number of halogens is 1. The fraction of sp³-hybridized carbons (Fsp3) is 0.388. The van der Waals surface area contributed by atoms with Crippen molar-refractivity contribution in [3.05, 3.63) is 95.7 Å². The van der Waals surface area contributed by atoms with E-state index < -0.39 is 36.0 Å². The van der Waals surface area contributed by atoms with Gasteiger partial charge in [0, 0.05) is 90.4 Å². The third kappa shape index (κ3) is 11.5. The number of benzene rings is 4. The van der Waals surface area contributed by atoms with Gasteiger partial charge in [0.15, 0.2) is 0 Å². The fourth-order valence-corrected chi connectivity index (χ4v) is 8.80. The summed E-state index contributed by atoms with van der Waals surface area (Å²) >= 11 is 6.55. The van der Waals surface area contributed by atoms with Crippen molar-refractivity contribution in [1.82, 2.24) is 30.7 Å². The summed E-state index contributed by atoms with van der Waals surface area (Å²) in [7, 11) is 2.02. The minimum absolute atomic E-state index is 0.0227. The molecule has 0 radical (unpaired) electrons. The van der Waals surface area contributed by atoms with E-state index in [1.54, 1.807) is 64.4 Å². The number of anilines is 3. The minimum Gasteiger partial charge on any atom is -0.409 e. The highest BCUT2D eigenvalue weighted by Crippen LogP contribution is 2.46. The Bertz CT molecular complexity index is 2630. The van der Waals surface area contributed by atoms with Gasteiger partial charge in [-0.25, -0.2) is 9.59 Å². The van der Waals surface area contributed by atoms with E-state index in [1.807, 2.05) is 52.1 Å². The van der Waals surface area contributed by atoms with Gasteiger partial charge in [0.1, 0.15) is 17.5 Å². The lowest BCUT2D eigenvalue weighted by Crippen LogP contribution is -2.53. The fourth-order valence-electron chi connectivity index (χ4n) is 8.55. The van der Waals surface area contributed by atoms with Crippen molar-refractivity contribution in [2.75, 3.05) is 74.3 Å². The second-order valence-corrected chi connectivity index (χ2v) is 17.8. The van der Waals surface area contributed by atoms with Crippen LogP contribution in [0, 0.1) is 5.92 Å². The van der Waals surface area contributed by atoms with Crippen LogP contribution in [0.3, 0.4) is 0 Å². The van der Waals surface area contributed by atoms with Crippen LogP contribution >= 0.6 is 11.6 Å². The number of piperazine rings is 1. The summed E-state index contributed by atoms with van der Waals surface area (Å²) in [5.74, 6) is -0.965. The maximum atomic E-state index is 14.4. The number of amides is 7. The molecule has 4 aromatic carbocycles. The third-order valence-corrected chi connectivity index (χ3v) is 12.6. The van der Waals surface area contributed by atoms with Gasteiger partial charge < -0.3 is 56.7 Å². The number of ether oxygens (including phenoxy) is 1. The van der Waals surface area contributed by atoms with Gasteiger partial charge in [0.05, 0.1) is 11.7 Å². The molecule has 3 atom stereocenters. The highest BCUT2D eigenvalue weighted by molar-refractivity contribution is 6.19. The maximum Gasteiger partial charge on any atom is 0.415 e. The Labute approximate surface area is 394 Å². The van der Waals surface area contributed by atoms with Crippen molar-refractivity contribution in [1.29, 1.82) is 0 Å². The SMILES string of the molecule is CCCN[C@H](C(=O)N[C@@H](CCCNC(N)=O)C(=O)Nc1ccc(C(=O)Nc2ccc3[nH]c(C(=O)N4C[C@@H](CCl)c5c4cc(OC(=O)N4CCN(C)CC4)c4ccccc54)cc3c2)cc1)C(C)C. The normalized spacial score (nSPS) is 15.8. The topological polar surface area (TPSA) is 223 Å². The van der Waals surface area contributed by atoms with Gasteiger partial charge in [-0.15, -0.1) is 11.6 Å². The molecule has 8 N–H and O–H groups in total. The lowest BCUT2D eigenvalue weighted by Gasteiger charge is -2.31. The second-order valence-electron chi connectivity index (χ2n) is 17.5. The molecule has 7 amide bonds. The van der Waals surface area contributed by atoms with E-state index >= 15 is 0 Å². The van der Waals surface area contributed by atoms with E-state index in [2.05, 4.69) is 36.5 Å². The van der Waals surface area contributed by atoms with Crippen molar-refractivity contribution >= 4 is 86.1 Å². The van der Waals surface area contributed by atoms with E-state index in [-0.39, 0.29) is 42.5 Å². The number of nitrogens with two attached hydrogens (primary N) is 1. The van der Waals surface area contributed by atoms with Crippen molar-refractivity contribution in [3.63, 3.8) is 0 Å². The zero-order chi connectivity index (χ0) is 47.8. The number of likely N-dealkylation sites (N-methyl/N-ethyl adjacent to an activating group) is 1. The number of H-pyrrole nitrogens is 1. The van der Waals surface area contributed by atoms with Gasteiger partial charge in [-0.3, -0.25) is 19.2 Å². The molecule has 18 heteroatoms. The Balaban J connectivity index is 1.02. The lowest BCUT2D eigenvalue weighted by molar-refractivity contribution is -0.128. The summed E-state index contributed by atoms with van der Waals surface area (Å²) < 4.78 is 6.05. The number of carbonyl (C=O) groups is 6. The van der Waals surface area contributed by atoms with Crippen LogP contribution in [-0.2, 0) is 9.59 Å². The largest absolute Gasteiger partial charge is 0.415 e. The number of rotatable bonds is 17. The van der Waals surface area contributed by atoms with E-state index in [1.165, 1.54) is 0 Å². The summed E-state index contributed by atoms with van der Waals surface area (Å²) in [4.78, 5) is 88.0. The third-order valence-electron chi connectivity index (χ3n) is 12.2. The molecule has 7 rings (SSSR count). The van der Waals surface area contributed by atoms with Crippen LogP contribution in [0.5, 0.6) is 5.75 Å². The number of hydrogen-bond donors (Lipinski definition) is 7. The van der Waals surface area contributed by atoms with E-state index in [0.29, 0.717) is 77.6 Å². The molecule has 1 aromatic heterocycles. The Kier molecular flexibility index (Phi) is 15.7. The Morgan fingerprint density at radius 1 is 0.866 bits per heavy atom. The molecule has 1 fully saturated rings. The maximum absolute atomic E-state index is 14.4. The molecule has 0 saturated carbocycles. The zero-order valence-electron chi connectivity index (χ0n) is 38.2. The first kappa shape index (κ1) is 48.2. The van der Waals surface area contributed by atoms with E-state index in [4.69, 9.17) is 22.1 Å². The van der Waals surface area contributed by atoms with Gasteiger partial charge in [-0.1, -0.05) is 45.0 Å². The molecular weight excluding hydrogens is 876 g/mol. The molecule has 17 nitrogen and oxygen atoms in total. The number of nitrogens with one attached hydrogen (secondary N) is 6. The molecule has 67 heavy (non-hydrogen) atoms. The van der Waals surface area contributed by atoms with Crippen LogP contribution in [-0.4, -0.2) is 121 Å². The van der Waals surface area contributed by atoms with Gasteiger partial charge in [0.25, 0.3) is 11.8 Å². The molecule has 2 aliphatic rings. The van der Waals surface area contributed by atoms with Crippen LogP contribution in [0.25, 0.3) is 21.7 Å². The number of hydrogen-bond acceptors (Lipinski definition) is 9. The van der Waals surface area contributed by atoms with Crippen molar-refractivity contribution in [2.45, 2.75) is 58.0 Å². The predicted octanol–water partition coefficient (Wildman–Crippen LogP) is 6.20. The Hall–Kier alpha value is -6.69. The van der Waals surface area contributed by atoms with Crippen LogP contribution in [0.15, 0.2) is 78.9 Å². The van der Waals surface area contributed by atoms with Gasteiger partial charge in [-0.2, -0.15) is 0 Å². The first-order chi connectivity index (χ1) is 32.2. The number of alkyl halides is 1. The minimum atomic E-state index is -0.903. The summed E-state index contributed by atoms with van der Waals surface area (Å²) in [6.45, 7) is 9.68. The molecule has 0 bridgehead atoms. The molecule has 5 aromatic rings. The Morgan fingerprint density at radius 3 is 2.27 bits per heavy atom. The first-order valence-corrected chi connectivity index (χ1v) is 23.3. The Morgan fingerprint density at radius 2 is 1.58 bits per heavy atom. The van der Waals surface area contributed by atoms with E-state index in [9.17, 15) is 28.8 Å². The molecule has 1 saturated heterocycles. The van der Waals surface area contributed by atoms with Crippen LogP contribution in [0.2, 0.25) is 0 Å². The second kappa shape index (κ2) is 21.7. The first-order valence-electron chi connectivity index (χ1n) is 22.7. The van der Waals surface area contributed by atoms with E-state index in [0.717, 1.165) is 35.8 Å². The summed E-state index contributed by atoms with van der Waals surface area (Å²) in [6.07, 6.45) is 1.03. The highest BCUT2D eigenvalue weighted by Gasteiger charge is 2.36. The quantitative estimate of drug-likeness (QED) is 0.0416. The molecular formula is C49H59ClN10O7. The number of urea groups is 1. The number of primary amides is 1. The summed E-state index contributed by atoms with van der Waals surface area (Å²) in [6, 6.07) is 20.8. The number of aromatic nitrogens is 1. The predicted molar refractivity (Wildman–Crippen MR) is 261 cm³/mol. The lowest BCUT2D eigenvalue weighted by atomic mass is 9.95. The molecule has 3 heterocycles. The van der Waals surface area contributed by atoms with Crippen LogP contribution in [0.4, 0.5) is 26.7 Å². The smallest absolute Gasteiger partial charge is 0.409 e. The van der Waals surface area contributed by atoms with Crippen LogP contribution in [0.1, 0.15) is 72.4 Å². The van der Waals surface area contributed by atoms with Crippen LogP contribution < -0.4 is 42.0 Å². The number of carbonyl (C=O) groups excluding carboxylic acids is 6. The highest BCUT2D eigenvalue weighted by atomic mass is 35.5. The molecule has 0 aliphatic carbocycles. The number of aromatic amines is 1. The standard InChI is InChI=1S/C49H59ClN10O7/c1-5-18-52-43(29(2)3)46(63)57-38(11-8-19-53-48(51)65)45(62)54-33-14-12-30(13-15-33)44(61)55-34-16-17-37-31(24-34)25-39(56-37)47(64)60-28-32(27-50)42-36-10-7-6-9-35(36)41(26-40(42)60)67-49(66)59-22-20-58(4)21-23-59/h6-7,9-10,12-17,24-26,29,32,38,43,52,56H,5,8,11,18-23,27-28H2,1-4H3,(H,54,62)(H,55,61)(H,57,63)(H3,51,53,65)/t32-,38+,43+/m1/s1. The monoisotopic (exact) mass is 934 g/mol. The molecule has 0 unspecified atom stereocenters. The summed E-state index contributed by atoms with van der Waals surface area (Å²) in [5.41, 5.74) is 9.01.